The second-order valence-corrected chi connectivity index (χ2v) is 6.35. The van der Waals surface area contributed by atoms with Gasteiger partial charge in [0, 0.05) is 17.2 Å². The number of hydrogen-bond donors (Lipinski definition) is 0. The van der Waals surface area contributed by atoms with Crippen molar-refractivity contribution in [1.82, 2.24) is 0 Å². The van der Waals surface area contributed by atoms with Gasteiger partial charge in [0.2, 0.25) is 0 Å². The molecule has 0 radical (unpaired) electrons. The van der Waals surface area contributed by atoms with E-state index in [2.05, 4.69) is 24.3 Å². The van der Waals surface area contributed by atoms with Crippen molar-refractivity contribution >= 4 is 11.9 Å². The first-order valence-electron chi connectivity index (χ1n) is 8.75. The number of ether oxygens (including phenoxy) is 2. The summed E-state index contributed by atoms with van der Waals surface area (Å²) in [6.07, 6.45) is 15.3. The Bertz CT molecular complexity index is 756. The van der Waals surface area contributed by atoms with Gasteiger partial charge in [0.05, 0.1) is 14.2 Å². The van der Waals surface area contributed by atoms with Crippen LogP contribution in [0.25, 0.3) is 6.08 Å². The minimum absolute atomic E-state index is 0.160. The number of rotatable bonds is 4. The molecule has 0 bridgehead atoms. The number of allylic oxidation sites excluding steroid dienone is 7. The van der Waals surface area contributed by atoms with Crippen molar-refractivity contribution in [2.75, 3.05) is 14.2 Å². The third-order valence-corrected chi connectivity index (χ3v) is 4.55. The van der Waals surface area contributed by atoms with Crippen LogP contribution in [0.15, 0.2) is 59.2 Å². The summed E-state index contributed by atoms with van der Waals surface area (Å²) in [6, 6.07) is 5.68. The first kappa shape index (κ1) is 17.3. The van der Waals surface area contributed by atoms with Gasteiger partial charge in [0.15, 0.2) is 5.78 Å². The van der Waals surface area contributed by atoms with Gasteiger partial charge in [-0.25, -0.2) is 0 Å². The number of carbonyl (C=O) groups is 1. The van der Waals surface area contributed by atoms with Crippen molar-refractivity contribution in [3.8, 4) is 11.5 Å². The summed E-state index contributed by atoms with van der Waals surface area (Å²) >= 11 is 0. The highest BCUT2D eigenvalue weighted by Gasteiger charge is 2.20. The molecule has 0 amide bonds. The average molecular weight is 336 g/mol. The number of Topliss-reactive ketones (excluding diaryl/α,β-unsaturated/α-hetero) is 1. The van der Waals surface area contributed by atoms with Crippen LogP contribution >= 0.6 is 0 Å². The molecule has 0 saturated heterocycles. The van der Waals surface area contributed by atoms with E-state index in [0.717, 1.165) is 65.9 Å². The number of hydrogen-bond acceptors (Lipinski definition) is 3. The number of ketones is 1. The van der Waals surface area contributed by atoms with Crippen LogP contribution in [0, 0.1) is 0 Å². The summed E-state index contributed by atoms with van der Waals surface area (Å²) in [5, 5.41) is 0. The van der Waals surface area contributed by atoms with Gasteiger partial charge in [-0.2, -0.15) is 0 Å². The molecule has 130 valence electrons. The highest BCUT2D eigenvalue weighted by Crippen LogP contribution is 2.30. The molecular formula is C22H24O3. The Balaban J connectivity index is 1.88. The molecule has 3 nitrogen and oxygen atoms in total. The van der Waals surface area contributed by atoms with Gasteiger partial charge in [0.25, 0.3) is 0 Å². The molecule has 25 heavy (non-hydrogen) atoms. The zero-order valence-electron chi connectivity index (χ0n) is 14.9. The van der Waals surface area contributed by atoms with Crippen molar-refractivity contribution in [1.29, 1.82) is 0 Å². The molecule has 1 fully saturated rings. The maximum atomic E-state index is 12.9. The second kappa shape index (κ2) is 8.02. The molecule has 3 rings (SSSR count). The fourth-order valence-corrected chi connectivity index (χ4v) is 3.23. The molecule has 0 N–H and O–H groups in total. The lowest BCUT2D eigenvalue weighted by Crippen LogP contribution is -2.12. The fourth-order valence-electron chi connectivity index (χ4n) is 3.23. The van der Waals surface area contributed by atoms with Gasteiger partial charge in [-0.15, -0.1) is 0 Å². The van der Waals surface area contributed by atoms with Crippen LogP contribution in [0.1, 0.15) is 37.7 Å². The van der Waals surface area contributed by atoms with E-state index >= 15 is 0 Å². The number of benzene rings is 1. The van der Waals surface area contributed by atoms with Gasteiger partial charge < -0.3 is 9.47 Å². The SMILES string of the molecule is COc1cc(/C=C2\CCC/C(=C\C3=CCCC=C3)C2=O)cc(OC)c1. The zero-order valence-corrected chi connectivity index (χ0v) is 14.9. The first-order valence-corrected chi connectivity index (χ1v) is 8.75. The normalized spacial score (nSPS) is 20.7. The highest BCUT2D eigenvalue weighted by atomic mass is 16.5. The molecule has 0 atom stereocenters. The van der Waals surface area contributed by atoms with Crippen LogP contribution in [-0.4, -0.2) is 20.0 Å². The van der Waals surface area contributed by atoms with Crippen LogP contribution < -0.4 is 9.47 Å². The molecule has 0 aromatic heterocycles. The van der Waals surface area contributed by atoms with Crippen LogP contribution in [0.2, 0.25) is 0 Å². The molecule has 1 saturated carbocycles. The summed E-state index contributed by atoms with van der Waals surface area (Å²) in [7, 11) is 3.26. The first-order chi connectivity index (χ1) is 12.2. The molecule has 0 unspecified atom stereocenters. The van der Waals surface area contributed by atoms with Crippen molar-refractivity contribution < 1.29 is 14.3 Å². The molecular weight excluding hydrogens is 312 g/mol. The topological polar surface area (TPSA) is 35.5 Å². The van der Waals surface area contributed by atoms with E-state index in [1.165, 1.54) is 0 Å². The summed E-state index contributed by atoms with van der Waals surface area (Å²) in [4.78, 5) is 12.9. The molecule has 0 aliphatic heterocycles. The van der Waals surface area contributed by atoms with Crippen molar-refractivity contribution in [2.24, 2.45) is 0 Å². The predicted octanol–water partition coefficient (Wildman–Crippen LogP) is 5.04. The van der Waals surface area contributed by atoms with Gasteiger partial charge in [-0.1, -0.05) is 18.2 Å². The van der Waals surface area contributed by atoms with E-state index in [1.807, 2.05) is 24.3 Å². The maximum absolute atomic E-state index is 12.9. The van der Waals surface area contributed by atoms with Gasteiger partial charge >= 0.3 is 0 Å². The average Bonchev–Trinajstić information content (AvgIpc) is 2.65. The van der Waals surface area contributed by atoms with E-state index in [-0.39, 0.29) is 5.78 Å². The second-order valence-electron chi connectivity index (χ2n) is 6.35. The van der Waals surface area contributed by atoms with E-state index in [9.17, 15) is 4.79 Å². The summed E-state index contributed by atoms with van der Waals surface area (Å²) in [5.74, 6) is 1.61. The standard InChI is InChI=1S/C22H24O3/c1-24-20-13-17(14-21(15-20)25-2)12-19-10-6-9-18(22(19)23)11-16-7-4-3-5-8-16/h4,7-8,11-15H,3,5-6,9-10H2,1-2H3/b18-11+,19-12+. The van der Waals surface area contributed by atoms with Crippen molar-refractivity contribution in [3.63, 3.8) is 0 Å². The number of carbonyl (C=O) groups excluding carboxylic acids is 1. The molecule has 3 heteroatoms. The Kier molecular flexibility index (Phi) is 5.54. The quantitative estimate of drug-likeness (QED) is 0.722. The van der Waals surface area contributed by atoms with E-state index in [0.29, 0.717) is 0 Å². The summed E-state index contributed by atoms with van der Waals surface area (Å²) in [5.41, 5.74) is 3.84. The van der Waals surface area contributed by atoms with Gasteiger partial charge in [0.1, 0.15) is 11.5 Å². The van der Waals surface area contributed by atoms with Crippen LogP contribution in [0.4, 0.5) is 0 Å². The Morgan fingerprint density at radius 1 is 0.920 bits per heavy atom. The molecule has 2 aliphatic carbocycles. The summed E-state index contributed by atoms with van der Waals surface area (Å²) < 4.78 is 10.6. The Morgan fingerprint density at radius 3 is 2.20 bits per heavy atom. The summed E-state index contributed by atoms with van der Waals surface area (Å²) in [6.45, 7) is 0. The van der Waals surface area contributed by atoms with E-state index < -0.39 is 0 Å². The minimum atomic E-state index is 0.160. The lowest BCUT2D eigenvalue weighted by molar-refractivity contribution is -0.112. The van der Waals surface area contributed by atoms with Crippen molar-refractivity contribution in [2.45, 2.75) is 32.1 Å². The minimum Gasteiger partial charge on any atom is -0.497 e. The molecule has 2 aliphatic rings. The largest absolute Gasteiger partial charge is 0.497 e. The fraction of sp³-hybridized carbons (Fsp3) is 0.318. The predicted molar refractivity (Wildman–Crippen MR) is 101 cm³/mol. The van der Waals surface area contributed by atoms with Crippen LogP contribution in [0.3, 0.4) is 0 Å². The highest BCUT2D eigenvalue weighted by molar-refractivity contribution is 6.11. The third kappa shape index (κ3) is 4.30. The number of methoxy groups -OCH3 is 2. The smallest absolute Gasteiger partial charge is 0.185 e. The van der Waals surface area contributed by atoms with Gasteiger partial charge in [-0.3, -0.25) is 4.79 Å². The van der Waals surface area contributed by atoms with Crippen molar-refractivity contribution in [3.05, 3.63) is 64.8 Å². The van der Waals surface area contributed by atoms with Gasteiger partial charge in [-0.05, 0) is 67.5 Å². The Morgan fingerprint density at radius 2 is 1.60 bits per heavy atom. The molecule has 1 aromatic carbocycles. The third-order valence-electron chi connectivity index (χ3n) is 4.55. The lowest BCUT2D eigenvalue weighted by atomic mass is 9.86. The zero-order chi connectivity index (χ0) is 17.6. The molecule has 0 heterocycles. The Hall–Kier alpha value is -2.55. The Labute approximate surface area is 149 Å². The lowest BCUT2D eigenvalue weighted by Gasteiger charge is -2.17. The molecule has 1 aromatic rings. The van der Waals surface area contributed by atoms with E-state index in [1.54, 1.807) is 14.2 Å². The van der Waals surface area contributed by atoms with E-state index in [4.69, 9.17) is 9.47 Å². The maximum Gasteiger partial charge on any atom is 0.185 e. The molecule has 0 spiro atoms. The monoisotopic (exact) mass is 336 g/mol. The van der Waals surface area contributed by atoms with Crippen LogP contribution in [-0.2, 0) is 4.79 Å². The van der Waals surface area contributed by atoms with Crippen LogP contribution in [0.5, 0.6) is 11.5 Å².